The predicted molar refractivity (Wildman–Crippen MR) is 68.3 cm³/mol. The fraction of sp³-hybridized carbons (Fsp3) is 0. The van der Waals surface area contributed by atoms with Gasteiger partial charge in [-0.15, -0.1) is 11.3 Å². The number of anilines is 1. The van der Waals surface area contributed by atoms with Crippen LogP contribution < -0.4 is 10.5 Å². The molecule has 0 aliphatic heterocycles. The van der Waals surface area contributed by atoms with E-state index in [0.29, 0.717) is 11.6 Å². The minimum absolute atomic E-state index is 0.0886. The molecule has 4 nitrogen and oxygen atoms in total. The van der Waals surface area contributed by atoms with Crippen LogP contribution in [0.1, 0.15) is 0 Å². The molecule has 3 aromatic rings. The van der Waals surface area contributed by atoms with Crippen molar-refractivity contribution >= 4 is 27.2 Å². The van der Waals surface area contributed by atoms with E-state index in [-0.39, 0.29) is 5.69 Å². The number of rotatable bonds is 2. The van der Waals surface area contributed by atoms with Crippen molar-refractivity contribution in [2.75, 3.05) is 5.73 Å². The number of benzene rings is 1. The summed E-state index contributed by atoms with van der Waals surface area (Å²) in [5.74, 6) is 0.251. The number of nitrogens with two attached hydrogens (primary N) is 1. The van der Waals surface area contributed by atoms with Gasteiger partial charge >= 0.3 is 0 Å². The second-order valence-corrected chi connectivity index (χ2v) is 4.50. The number of nitrogens with zero attached hydrogens (tertiary/aromatic N) is 2. The summed E-state index contributed by atoms with van der Waals surface area (Å²) in [6.07, 6.45) is 1.42. The first-order chi connectivity index (χ1) is 8.74. The van der Waals surface area contributed by atoms with Gasteiger partial charge in [0.2, 0.25) is 5.88 Å². The van der Waals surface area contributed by atoms with Crippen molar-refractivity contribution in [3.63, 3.8) is 0 Å². The van der Waals surface area contributed by atoms with Gasteiger partial charge in [-0.2, -0.15) is 0 Å². The van der Waals surface area contributed by atoms with Crippen molar-refractivity contribution < 1.29 is 9.13 Å². The molecule has 0 bridgehead atoms. The van der Waals surface area contributed by atoms with Gasteiger partial charge in [-0.3, -0.25) is 0 Å². The van der Waals surface area contributed by atoms with Gasteiger partial charge in [0.25, 0.3) is 0 Å². The molecule has 0 amide bonds. The Morgan fingerprint density at radius 3 is 2.94 bits per heavy atom. The lowest BCUT2D eigenvalue weighted by Crippen LogP contribution is -1.93. The van der Waals surface area contributed by atoms with E-state index >= 15 is 0 Å². The summed E-state index contributed by atoms with van der Waals surface area (Å²) in [7, 11) is 0. The molecule has 0 atom stereocenters. The van der Waals surface area contributed by atoms with Gasteiger partial charge in [0.15, 0.2) is 0 Å². The highest BCUT2D eigenvalue weighted by Gasteiger charge is 2.08. The van der Waals surface area contributed by atoms with E-state index in [1.807, 2.05) is 11.4 Å². The zero-order chi connectivity index (χ0) is 12.5. The molecule has 0 radical (unpaired) electrons. The van der Waals surface area contributed by atoms with Crippen LogP contribution in [0.3, 0.4) is 0 Å². The third-order valence-corrected chi connectivity index (χ3v) is 3.23. The summed E-state index contributed by atoms with van der Waals surface area (Å²) in [4.78, 5) is 8.98. The van der Waals surface area contributed by atoms with E-state index in [2.05, 4.69) is 9.97 Å². The molecule has 6 heteroatoms. The normalized spacial score (nSPS) is 10.7. The van der Waals surface area contributed by atoms with Crippen LogP contribution in [0.5, 0.6) is 11.6 Å². The molecule has 2 heterocycles. The number of aromatic nitrogens is 2. The van der Waals surface area contributed by atoms with Crippen molar-refractivity contribution in [2.24, 2.45) is 0 Å². The first-order valence-corrected chi connectivity index (χ1v) is 6.03. The Kier molecular flexibility index (Phi) is 2.56. The lowest BCUT2D eigenvalue weighted by molar-refractivity contribution is 0.463. The molecular formula is C12H8FN3OS. The number of halogens is 1. The van der Waals surface area contributed by atoms with Gasteiger partial charge < -0.3 is 10.5 Å². The summed E-state index contributed by atoms with van der Waals surface area (Å²) in [5, 5.41) is 2.70. The van der Waals surface area contributed by atoms with E-state index in [1.54, 1.807) is 6.07 Å². The molecular weight excluding hydrogens is 253 g/mol. The van der Waals surface area contributed by atoms with Gasteiger partial charge in [-0.05, 0) is 23.6 Å². The number of hydrogen-bond donors (Lipinski definition) is 1. The minimum atomic E-state index is -0.511. The molecule has 0 spiro atoms. The molecule has 2 aromatic heterocycles. The topological polar surface area (TPSA) is 61.0 Å². The Balaban J connectivity index is 2.01. The van der Waals surface area contributed by atoms with E-state index in [4.69, 9.17) is 10.5 Å². The first kappa shape index (κ1) is 10.9. The van der Waals surface area contributed by atoms with Crippen LogP contribution in [0.4, 0.5) is 10.1 Å². The Bertz CT molecular complexity index is 713. The largest absolute Gasteiger partial charge is 0.438 e. The van der Waals surface area contributed by atoms with Crippen LogP contribution in [-0.4, -0.2) is 9.97 Å². The van der Waals surface area contributed by atoms with Crippen molar-refractivity contribution in [1.29, 1.82) is 0 Å². The van der Waals surface area contributed by atoms with E-state index < -0.39 is 5.82 Å². The number of thiophene rings is 1. The second kappa shape index (κ2) is 4.23. The van der Waals surface area contributed by atoms with Crippen LogP contribution >= 0.6 is 11.3 Å². The number of hydrogen-bond acceptors (Lipinski definition) is 5. The lowest BCUT2D eigenvalue weighted by Gasteiger charge is -2.06. The monoisotopic (exact) mass is 261 g/mol. The van der Waals surface area contributed by atoms with Crippen LogP contribution in [0.2, 0.25) is 0 Å². The van der Waals surface area contributed by atoms with Gasteiger partial charge in [0, 0.05) is 6.07 Å². The van der Waals surface area contributed by atoms with Gasteiger partial charge in [-0.1, -0.05) is 0 Å². The second-order valence-electron chi connectivity index (χ2n) is 3.60. The molecule has 0 unspecified atom stereocenters. The number of ether oxygens (including phenoxy) is 1. The lowest BCUT2D eigenvalue weighted by atomic mass is 10.3. The smallest absolute Gasteiger partial charge is 0.231 e. The maximum atomic E-state index is 13.3. The van der Waals surface area contributed by atoms with E-state index in [9.17, 15) is 4.39 Å². The fourth-order valence-corrected chi connectivity index (χ4v) is 2.25. The first-order valence-electron chi connectivity index (χ1n) is 5.15. The highest BCUT2D eigenvalue weighted by atomic mass is 32.1. The Morgan fingerprint density at radius 1 is 1.22 bits per heavy atom. The van der Waals surface area contributed by atoms with Gasteiger partial charge in [0.1, 0.15) is 22.7 Å². The number of fused-ring (bicyclic) bond motifs is 1. The molecule has 0 aliphatic carbocycles. The minimum Gasteiger partial charge on any atom is -0.438 e. The molecule has 0 saturated heterocycles. The van der Waals surface area contributed by atoms with Crippen molar-refractivity contribution in [3.8, 4) is 11.6 Å². The maximum absolute atomic E-state index is 13.3. The van der Waals surface area contributed by atoms with Crippen LogP contribution in [-0.2, 0) is 0 Å². The van der Waals surface area contributed by atoms with Gasteiger partial charge in [0.05, 0.1) is 11.1 Å². The van der Waals surface area contributed by atoms with Crippen molar-refractivity contribution in [3.05, 3.63) is 41.8 Å². The maximum Gasteiger partial charge on any atom is 0.231 e. The number of nitrogen functional groups attached to an aromatic ring is 1. The molecule has 0 fully saturated rings. The Morgan fingerprint density at radius 2 is 2.11 bits per heavy atom. The zero-order valence-corrected chi connectivity index (χ0v) is 9.95. The van der Waals surface area contributed by atoms with E-state index in [1.165, 1.54) is 29.8 Å². The van der Waals surface area contributed by atoms with Crippen molar-refractivity contribution in [1.82, 2.24) is 9.97 Å². The molecule has 18 heavy (non-hydrogen) atoms. The quantitative estimate of drug-likeness (QED) is 0.719. The summed E-state index contributed by atoms with van der Waals surface area (Å²) < 4.78 is 18.8. The third-order valence-electron chi connectivity index (χ3n) is 2.41. The standard InChI is InChI=1S/C12H8FN3OS/c13-9-5-7(1-2-10(9)14)17-11-8-3-4-18-12(8)16-6-15-11/h1-6H,14H2. The summed E-state index contributed by atoms with van der Waals surface area (Å²) in [5.41, 5.74) is 5.49. The van der Waals surface area contributed by atoms with Crippen LogP contribution in [0, 0.1) is 5.82 Å². The molecule has 0 saturated carbocycles. The Hall–Kier alpha value is -2.21. The average molecular weight is 261 g/mol. The molecule has 1 aromatic carbocycles. The summed E-state index contributed by atoms with van der Waals surface area (Å²) in [6.45, 7) is 0. The van der Waals surface area contributed by atoms with E-state index in [0.717, 1.165) is 10.2 Å². The highest BCUT2D eigenvalue weighted by molar-refractivity contribution is 7.16. The molecule has 90 valence electrons. The summed E-state index contributed by atoms with van der Waals surface area (Å²) >= 11 is 1.49. The Labute approximate surface area is 106 Å². The SMILES string of the molecule is Nc1ccc(Oc2ncnc3sccc23)cc1F. The van der Waals surface area contributed by atoms with Crippen LogP contribution in [0.25, 0.3) is 10.2 Å². The van der Waals surface area contributed by atoms with Crippen molar-refractivity contribution in [2.45, 2.75) is 0 Å². The van der Waals surface area contributed by atoms with Crippen LogP contribution in [0.15, 0.2) is 36.0 Å². The highest BCUT2D eigenvalue weighted by Crippen LogP contribution is 2.30. The average Bonchev–Trinajstić information content (AvgIpc) is 2.83. The molecule has 2 N–H and O–H groups in total. The predicted octanol–water partition coefficient (Wildman–Crippen LogP) is 3.20. The van der Waals surface area contributed by atoms with Gasteiger partial charge in [-0.25, -0.2) is 14.4 Å². The molecule has 3 rings (SSSR count). The fourth-order valence-electron chi connectivity index (χ4n) is 1.53. The molecule has 0 aliphatic rings. The zero-order valence-electron chi connectivity index (χ0n) is 9.13. The third kappa shape index (κ3) is 1.86. The summed E-state index contributed by atoms with van der Waals surface area (Å²) in [6, 6.07) is 6.15.